The molecule has 4 amide bonds. The number of nitrogens with two attached hydrogens (primary N) is 1. The molecule has 3 aliphatic rings. The lowest BCUT2D eigenvalue weighted by atomic mass is 9.96. The highest BCUT2D eigenvalue weighted by Crippen LogP contribution is 2.32. The molecule has 1 unspecified atom stereocenters. The number of aryl methyl sites for hydroxylation is 2. The zero-order valence-electron chi connectivity index (χ0n) is 19.0. The van der Waals surface area contributed by atoms with Crippen molar-refractivity contribution in [3.63, 3.8) is 0 Å². The van der Waals surface area contributed by atoms with Crippen LogP contribution in [-0.4, -0.2) is 47.7 Å². The molecule has 8 heteroatoms. The number of fused-ring (bicyclic) bond motifs is 2. The predicted molar refractivity (Wildman–Crippen MR) is 126 cm³/mol. The Morgan fingerprint density at radius 1 is 0.941 bits per heavy atom. The van der Waals surface area contributed by atoms with Crippen LogP contribution in [0.25, 0.3) is 0 Å². The predicted octanol–water partition coefficient (Wildman–Crippen LogP) is 1.93. The number of imide groups is 2. The Morgan fingerprint density at radius 3 is 2.53 bits per heavy atom. The Balaban J connectivity index is 1.36. The normalized spacial score (nSPS) is 19.9. The van der Waals surface area contributed by atoms with Gasteiger partial charge in [-0.15, -0.1) is 0 Å². The number of nitrogens with zero attached hydrogens (tertiary/aromatic N) is 2. The quantitative estimate of drug-likeness (QED) is 0.637. The lowest BCUT2D eigenvalue weighted by molar-refractivity contribution is -0.136. The van der Waals surface area contributed by atoms with Gasteiger partial charge in [-0.2, -0.15) is 0 Å². The zero-order valence-corrected chi connectivity index (χ0v) is 19.0. The molecule has 3 N–H and O–H groups in total. The molecular weight excluding hydrogens is 432 g/mol. The summed E-state index contributed by atoms with van der Waals surface area (Å²) in [5, 5.41) is 2.23. The zero-order chi connectivity index (χ0) is 23.8. The molecule has 8 nitrogen and oxygen atoms in total. The summed E-state index contributed by atoms with van der Waals surface area (Å²) in [6.07, 6.45) is 4.31. The number of nitrogens with one attached hydrogen (secondary N) is 1. The van der Waals surface area contributed by atoms with Gasteiger partial charge in [-0.25, -0.2) is 0 Å². The lowest BCUT2D eigenvalue weighted by Gasteiger charge is -2.32. The van der Waals surface area contributed by atoms with Crippen LogP contribution in [0.3, 0.4) is 0 Å². The van der Waals surface area contributed by atoms with E-state index in [1.807, 2.05) is 6.07 Å². The first kappa shape index (κ1) is 22.3. The molecule has 2 aromatic carbocycles. The lowest BCUT2D eigenvalue weighted by Crippen LogP contribution is -2.54. The summed E-state index contributed by atoms with van der Waals surface area (Å²) in [4.78, 5) is 53.1. The molecule has 0 spiro atoms. The maximum absolute atomic E-state index is 13.1. The summed E-state index contributed by atoms with van der Waals surface area (Å²) in [6, 6.07) is 11.0. The van der Waals surface area contributed by atoms with E-state index in [-0.39, 0.29) is 18.7 Å². The van der Waals surface area contributed by atoms with Gasteiger partial charge in [0.2, 0.25) is 11.8 Å². The van der Waals surface area contributed by atoms with Gasteiger partial charge in [0.15, 0.2) is 0 Å². The monoisotopic (exact) mass is 460 g/mol. The van der Waals surface area contributed by atoms with Gasteiger partial charge in [-0.1, -0.05) is 18.2 Å². The van der Waals surface area contributed by atoms with E-state index in [1.54, 1.807) is 12.1 Å². The Morgan fingerprint density at radius 2 is 1.74 bits per heavy atom. The molecule has 0 aromatic heterocycles. The van der Waals surface area contributed by atoms with E-state index in [4.69, 9.17) is 5.73 Å². The number of carbonyl (C=O) groups is 4. The second-order valence-corrected chi connectivity index (χ2v) is 9.21. The topological polar surface area (TPSA) is 113 Å². The number of benzene rings is 2. The average Bonchev–Trinajstić information content (AvgIpc) is 3.07. The van der Waals surface area contributed by atoms with E-state index in [0.29, 0.717) is 24.2 Å². The van der Waals surface area contributed by atoms with Gasteiger partial charge in [0.25, 0.3) is 11.8 Å². The first-order chi connectivity index (χ1) is 16.5. The Labute approximate surface area is 198 Å². The molecule has 0 aliphatic carbocycles. The third kappa shape index (κ3) is 3.98. The molecule has 176 valence electrons. The van der Waals surface area contributed by atoms with Gasteiger partial charge in [-0.05, 0) is 73.5 Å². The van der Waals surface area contributed by atoms with E-state index < -0.39 is 23.8 Å². The minimum Gasteiger partial charge on any atom is -0.367 e. The van der Waals surface area contributed by atoms with E-state index in [2.05, 4.69) is 28.4 Å². The molecule has 1 fully saturated rings. The average molecular weight is 461 g/mol. The van der Waals surface area contributed by atoms with Gasteiger partial charge < -0.3 is 10.6 Å². The van der Waals surface area contributed by atoms with Crippen molar-refractivity contribution >= 4 is 29.3 Å². The first-order valence-corrected chi connectivity index (χ1v) is 11.9. The molecule has 0 saturated carbocycles. The second kappa shape index (κ2) is 9.02. The van der Waals surface area contributed by atoms with Crippen molar-refractivity contribution in [3.05, 3.63) is 64.2 Å². The number of anilines is 1. The SMILES string of the molecule is NCCCc1ccc2c(c1)CCCN2Cc1ccc2c(c1)C(=O)N(C1CCC(=O)NC1=O)C2=O. The third-order valence-electron chi connectivity index (χ3n) is 6.91. The fourth-order valence-electron chi connectivity index (χ4n) is 5.19. The van der Waals surface area contributed by atoms with Crippen molar-refractivity contribution in [1.29, 1.82) is 0 Å². The minimum atomic E-state index is -0.948. The van der Waals surface area contributed by atoms with Crippen LogP contribution in [-0.2, 0) is 29.0 Å². The van der Waals surface area contributed by atoms with Gasteiger partial charge in [-0.3, -0.25) is 29.4 Å². The highest BCUT2D eigenvalue weighted by Gasteiger charge is 2.44. The van der Waals surface area contributed by atoms with Gasteiger partial charge in [0.05, 0.1) is 11.1 Å². The standard InChI is InChI=1S/C26H28N4O4/c27-11-1-3-16-6-8-21-18(13-16)4-2-12-29(21)15-17-5-7-19-20(14-17)26(34)30(25(19)33)22-9-10-23(31)28-24(22)32/h5-8,13-14,22H,1-4,9-12,15,27H2,(H,28,31,32). The highest BCUT2D eigenvalue weighted by atomic mass is 16.2. The summed E-state index contributed by atoms with van der Waals surface area (Å²) in [5.74, 6) is -1.93. The third-order valence-corrected chi connectivity index (χ3v) is 6.91. The second-order valence-electron chi connectivity index (χ2n) is 9.21. The van der Waals surface area contributed by atoms with Gasteiger partial charge >= 0.3 is 0 Å². The van der Waals surface area contributed by atoms with Gasteiger partial charge in [0, 0.05) is 25.2 Å². The molecular formula is C26H28N4O4. The van der Waals surface area contributed by atoms with Gasteiger partial charge in [0.1, 0.15) is 6.04 Å². The molecule has 34 heavy (non-hydrogen) atoms. The van der Waals surface area contributed by atoms with Crippen LogP contribution < -0.4 is 16.0 Å². The van der Waals surface area contributed by atoms with Crippen molar-refractivity contribution in [2.45, 2.75) is 51.1 Å². The minimum absolute atomic E-state index is 0.108. The van der Waals surface area contributed by atoms with Crippen molar-refractivity contribution in [2.24, 2.45) is 5.73 Å². The highest BCUT2D eigenvalue weighted by molar-refractivity contribution is 6.23. The molecule has 0 radical (unpaired) electrons. The molecule has 3 heterocycles. The van der Waals surface area contributed by atoms with Crippen LogP contribution in [0.5, 0.6) is 0 Å². The van der Waals surface area contributed by atoms with E-state index >= 15 is 0 Å². The Bertz CT molecular complexity index is 1190. The van der Waals surface area contributed by atoms with Crippen LogP contribution in [0.1, 0.15) is 63.1 Å². The van der Waals surface area contributed by atoms with Crippen LogP contribution >= 0.6 is 0 Å². The molecule has 2 aromatic rings. The number of hydrogen-bond donors (Lipinski definition) is 2. The summed E-state index contributed by atoms with van der Waals surface area (Å²) >= 11 is 0. The van der Waals surface area contributed by atoms with Crippen LogP contribution in [0.15, 0.2) is 36.4 Å². The summed E-state index contributed by atoms with van der Waals surface area (Å²) in [6.45, 7) is 2.23. The molecule has 5 rings (SSSR count). The summed E-state index contributed by atoms with van der Waals surface area (Å²) < 4.78 is 0. The molecule has 1 saturated heterocycles. The largest absolute Gasteiger partial charge is 0.367 e. The molecule has 3 aliphatic heterocycles. The Hall–Kier alpha value is -3.52. The smallest absolute Gasteiger partial charge is 0.262 e. The number of hydrogen-bond acceptors (Lipinski definition) is 6. The van der Waals surface area contributed by atoms with Crippen molar-refractivity contribution in [2.75, 3.05) is 18.0 Å². The van der Waals surface area contributed by atoms with Crippen LogP contribution in [0.4, 0.5) is 5.69 Å². The fourth-order valence-corrected chi connectivity index (χ4v) is 5.19. The molecule has 0 bridgehead atoms. The van der Waals surface area contributed by atoms with Crippen LogP contribution in [0, 0.1) is 0 Å². The van der Waals surface area contributed by atoms with E-state index in [9.17, 15) is 19.2 Å². The number of amides is 4. The van der Waals surface area contributed by atoms with E-state index in [1.165, 1.54) is 16.8 Å². The summed E-state index contributed by atoms with van der Waals surface area (Å²) in [5.41, 5.74) is 11.1. The number of carbonyl (C=O) groups excluding carboxylic acids is 4. The number of rotatable bonds is 6. The number of piperidine rings is 1. The van der Waals surface area contributed by atoms with Crippen molar-refractivity contribution < 1.29 is 19.2 Å². The maximum Gasteiger partial charge on any atom is 0.262 e. The maximum atomic E-state index is 13.1. The summed E-state index contributed by atoms with van der Waals surface area (Å²) in [7, 11) is 0. The first-order valence-electron chi connectivity index (χ1n) is 11.9. The van der Waals surface area contributed by atoms with Crippen LogP contribution in [0.2, 0.25) is 0 Å². The Kier molecular flexibility index (Phi) is 5.91. The van der Waals surface area contributed by atoms with Crippen molar-refractivity contribution in [3.8, 4) is 0 Å². The van der Waals surface area contributed by atoms with Crippen molar-refractivity contribution in [1.82, 2.24) is 10.2 Å². The fraction of sp³-hybridized carbons (Fsp3) is 0.385. The molecule has 1 atom stereocenters. The van der Waals surface area contributed by atoms with E-state index in [0.717, 1.165) is 42.7 Å².